The van der Waals surface area contributed by atoms with Gasteiger partial charge >= 0.3 is 0 Å². The van der Waals surface area contributed by atoms with Gasteiger partial charge in [-0.3, -0.25) is 4.79 Å². The quantitative estimate of drug-likeness (QED) is 0.739. The van der Waals surface area contributed by atoms with Crippen molar-refractivity contribution in [2.45, 2.75) is 51.2 Å². The number of rotatable bonds is 5. The summed E-state index contributed by atoms with van der Waals surface area (Å²) in [7, 11) is 1.70. The summed E-state index contributed by atoms with van der Waals surface area (Å²) in [5.74, 6) is 0.272. The van der Waals surface area contributed by atoms with Crippen LogP contribution < -0.4 is 11.1 Å². The molecule has 0 saturated heterocycles. The van der Waals surface area contributed by atoms with E-state index in [4.69, 9.17) is 10.5 Å². The van der Waals surface area contributed by atoms with E-state index in [9.17, 15) is 4.79 Å². The van der Waals surface area contributed by atoms with Crippen LogP contribution in [0.1, 0.15) is 39.5 Å². The molecule has 16 heavy (non-hydrogen) atoms. The molecule has 94 valence electrons. The second-order valence-corrected chi connectivity index (χ2v) is 5.18. The third-order valence-electron chi connectivity index (χ3n) is 3.36. The van der Waals surface area contributed by atoms with Gasteiger partial charge in [-0.15, -0.1) is 0 Å². The van der Waals surface area contributed by atoms with E-state index in [1.165, 1.54) is 0 Å². The van der Waals surface area contributed by atoms with Gasteiger partial charge in [0, 0.05) is 13.5 Å². The lowest BCUT2D eigenvalue weighted by atomic mass is 9.79. The molecule has 0 aromatic carbocycles. The summed E-state index contributed by atoms with van der Waals surface area (Å²) in [5.41, 5.74) is 5.00. The molecule has 0 spiro atoms. The Balaban J connectivity index is 2.67. The van der Waals surface area contributed by atoms with Gasteiger partial charge in [0.25, 0.3) is 0 Å². The largest absolute Gasteiger partial charge is 0.381 e. The smallest absolute Gasteiger partial charge is 0.237 e. The fourth-order valence-electron chi connectivity index (χ4n) is 2.30. The molecule has 0 aliphatic heterocycles. The molecule has 0 bridgehead atoms. The molecular weight excluding hydrogens is 204 g/mol. The molecular formula is C12H24N2O2. The van der Waals surface area contributed by atoms with Crippen LogP contribution in [-0.4, -0.2) is 31.2 Å². The molecule has 1 aliphatic carbocycles. The van der Waals surface area contributed by atoms with Crippen molar-refractivity contribution in [3.63, 3.8) is 0 Å². The molecule has 1 aliphatic rings. The highest BCUT2D eigenvalue weighted by molar-refractivity contribution is 5.84. The summed E-state index contributed by atoms with van der Waals surface area (Å²) in [6.45, 7) is 5.07. The second-order valence-electron chi connectivity index (χ2n) is 5.18. The molecule has 0 aromatic heterocycles. The monoisotopic (exact) mass is 228 g/mol. The maximum Gasteiger partial charge on any atom is 0.237 e. The molecule has 4 heteroatoms. The van der Waals surface area contributed by atoms with Crippen molar-refractivity contribution < 1.29 is 9.53 Å². The molecule has 0 heterocycles. The highest BCUT2D eigenvalue weighted by atomic mass is 16.5. The van der Waals surface area contributed by atoms with Crippen molar-refractivity contribution in [2.24, 2.45) is 11.7 Å². The van der Waals surface area contributed by atoms with Crippen LogP contribution in [0.15, 0.2) is 0 Å². The van der Waals surface area contributed by atoms with Gasteiger partial charge in [-0.05, 0) is 31.7 Å². The highest BCUT2D eigenvalue weighted by Gasteiger charge is 2.41. The average Bonchev–Trinajstić information content (AvgIpc) is 2.26. The van der Waals surface area contributed by atoms with Crippen molar-refractivity contribution in [3.8, 4) is 0 Å². The van der Waals surface area contributed by atoms with E-state index in [0.29, 0.717) is 12.3 Å². The van der Waals surface area contributed by atoms with Gasteiger partial charge in [0.2, 0.25) is 5.91 Å². The molecule has 2 atom stereocenters. The summed E-state index contributed by atoms with van der Waals surface area (Å²) >= 11 is 0. The van der Waals surface area contributed by atoms with Gasteiger partial charge in [-0.2, -0.15) is 0 Å². The van der Waals surface area contributed by atoms with Gasteiger partial charge in [0.1, 0.15) is 5.54 Å². The lowest BCUT2D eigenvalue weighted by Gasteiger charge is -2.39. The Bertz CT molecular complexity index is 243. The van der Waals surface area contributed by atoms with Gasteiger partial charge < -0.3 is 15.8 Å². The van der Waals surface area contributed by atoms with Gasteiger partial charge in [-0.1, -0.05) is 13.8 Å². The zero-order chi connectivity index (χ0) is 12.2. The number of carbonyl (C=O) groups is 1. The Labute approximate surface area is 97.9 Å². The van der Waals surface area contributed by atoms with Crippen molar-refractivity contribution >= 4 is 5.91 Å². The molecule has 0 radical (unpaired) electrons. The van der Waals surface area contributed by atoms with Crippen LogP contribution in [0.25, 0.3) is 0 Å². The lowest BCUT2D eigenvalue weighted by molar-refractivity contribution is -0.128. The number of nitrogens with two attached hydrogens (primary N) is 1. The fraction of sp³-hybridized carbons (Fsp3) is 0.917. The van der Waals surface area contributed by atoms with E-state index in [-0.39, 0.29) is 12.0 Å². The number of ether oxygens (including phenoxy) is 1. The van der Waals surface area contributed by atoms with Crippen LogP contribution in [0.4, 0.5) is 0 Å². The molecule has 2 unspecified atom stereocenters. The van der Waals surface area contributed by atoms with Crippen LogP contribution in [0.2, 0.25) is 0 Å². The zero-order valence-corrected chi connectivity index (χ0v) is 10.6. The first-order valence-corrected chi connectivity index (χ1v) is 6.08. The number of hydrogen-bond acceptors (Lipinski definition) is 3. The summed E-state index contributed by atoms with van der Waals surface area (Å²) in [6, 6.07) is 0. The highest BCUT2D eigenvalue weighted by Crippen LogP contribution is 2.30. The van der Waals surface area contributed by atoms with E-state index in [1.54, 1.807) is 7.11 Å². The number of nitrogens with one attached hydrogen (secondary N) is 1. The minimum absolute atomic E-state index is 0.154. The summed E-state index contributed by atoms with van der Waals surface area (Å²) in [5, 5.41) is 3.34. The van der Waals surface area contributed by atoms with E-state index in [2.05, 4.69) is 19.2 Å². The van der Waals surface area contributed by atoms with Crippen molar-refractivity contribution in [3.05, 3.63) is 0 Å². The molecule has 1 saturated carbocycles. The Morgan fingerprint density at radius 2 is 2.31 bits per heavy atom. The first kappa shape index (κ1) is 13.5. The van der Waals surface area contributed by atoms with E-state index < -0.39 is 5.54 Å². The number of hydrogen-bond donors (Lipinski definition) is 2. The first-order valence-electron chi connectivity index (χ1n) is 6.08. The molecule has 3 N–H and O–H groups in total. The van der Waals surface area contributed by atoms with E-state index in [1.807, 2.05) is 0 Å². The Morgan fingerprint density at radius 1 is 1.62 bits per heavy atom. The van der Waals surface area contributed by atoms with Crippen LogP contribution in [0.3, 0.4) is 0 Å². The summed E-state index contributed by atoms with van der Waals surface area (Å²) in [4.78, 5) is 11.7. The minimum Gasteiger partial charge on any atom is -0.381 e. The average molecular weight is 228 g/mol. The molecule has 1 rings (SSSR count). The van der Waals surface area contributed by atoms with Gasteiger partial charge in [0.05, 0.1) is 6.10 Å². The Morgan fingerprint density at radius 3 is 2.81 bits per heavy atom. The van der Waals surface area contributed by atoms with Crippen LogP contribution in [-0.2, 0) is 9.53 Å². The van der Waals surface area contributed by atoms with E-state index >= 15 is 0 Å². The van der Waals surface area contributed by atoms with Gasteiger partial charge in [0.15, 0.2) is 0 Å². The van der Waals surface area contributed by atoms with Crippen LogP contribution in [0, 0.1) is 5.92 Å². The van der Waals surface area contributed by atoms with Crippen molar-refractivity contribution in [1.82, 2.24) is 5.32 Å². The standard InChI is InChI=1S/C12H24N2O2/c1-9(2)8-14-12(11(13)15)6-4-5-10(7-12)16-3/h9-10,14H,4-8H2,1-3H3,(H2,13,15). The second kappa shape index (κ2) is 5.64. The number of methoxy groups -OCH3 is 1. The van der Waals surface area contributed by atoms with Crippen molar-refractivity contribution in [2.75, 3.05) is 13.7 Å². The van der Waals surface area contributed by atoms with Crippen molar-refractivity contribution in [1.29, 1.82) is 0 Å². The molecule has 4 nitrogen and oxygen atoms in total. The summed E-state index contributed by atoms with van der Waals surface area (Å²) < 4.78 is 5.36. The molecule has 1 amide bonds. The van der Waals surface area contributed by atoms with Gasteiger partial charge in [-0.25, -0.2) is 0 Å². The fourth-order valence-corrected chi connectivity index (χ4v) is 2.30. The molecule has 1 fully saturated rings. The van der Waals surface area contributed by atoms with Crippen LogP contribution in [0.5, 0.6) is 0 Å². The Kier molecular flexibility index (Phi) is 4.74. The number of amides is 1. The maximum absolute atomic E-state index is 11.7. The normalized spacial score (nSPS) is 30.6. The summed E-state index contributed by atoms with van der Waals surface area (Å²) in [6.07, 6.45) is 3.70. The SMILES string of the molecule is COC1CCCC(NCC(C)C)(C(N)=O)C1. The minimum atomic E-state index is -0.552. The van der Waals surface area contributed by atoms with E-state index in [0.717, 1.165) is 25.8 Å². The molecule has 0 aromatic rings. The van der Waals surface area contributed by atoms with Crippen LogP contribution >= 0.6 is 0 Å². The zero-order valence-electron chi connectivity index (χ0n) is 10.6. The topological polar surface area (TPSA) is 64.3 Å². The Hall–Kier alpha value is -0.610. The maximum atomic E-state index is 11.7. The first-order chi connectivity index (χ1) is 7.50. The third kappa shape index (κ3) is 3.19. The lowest BCUT2D eigenvalue weighted by Crippen LogP contribution is -2.59. The predicted molar refractivity (Wildman–Crippen MR) is 64.0 cm³/mol. The number of primary amides is 1. The predicted octanol–water partition coefficient (Wildman–Crippen LogP) is 1.05. The third-order valence-corrected chi connectivity index (χ3v) is 3.36. The number of carbonyl (C=O) groups excluding carboxylic acids is 1.